The van der Waals surface area contributed by atoms with Gasteiger partial charge in [-0.1, -0.05) is 17.7 Å². The number of nitrogens with zero attached hydrogens (tertiary/aromatic N) is 2. The first-order valence-electron chi connectivity index (χ1n) is 5.91. The SMILES string of the molecule is Cc1cnc2c(c1)[nH]c(=S)n2-c1cccc(Cl)c1C. The Balaban J connectivity index is 2.40. The number of pyridine rings is 1. The molecule has 0 bridgehead atoms. The molecule has 0 aliphatic heterocycles. The first kappa shape index (κ1) is 12.4. The second kappa shape index (κ2) is 4.47. The fourth-order valence-electron chi connectivity index (χ4n) is 2.16. The molecule has 0 radical (unpaired) electrons. The molecular weight excluding hydrogens is 278 g/mol. The molecule has 1 N–H and O–H groups in total. The standard InChI is InChI=1S/C14H12ClN3S/c1-8-6-11-13(16-7-8)18(14(19)17-11)12-5-3-4-10(15)9(12)2/h3-7H,1-2H3,(H,17,19). The molecule has 0 saturated carbocycles. The number of nitrogens with one attached hydrogen (secondary N) is 1. The van der Waals surface area contributed by atoms with E-state index in [4.69, 9.17) is 23.8 Å². The Bertz CT molecular complexity index is 832. The molecule has 0 spiro atoms. The summed E-state index contributed by atoms with van der Waals surface area (Å²) in [6.45, 7) is 3.98. The van der Waals surface area contributed by atoms with Gasteiger partial charge in [0, 0.05) is 11.2 Å². The third-order valence-corrected chi connectivity index (χ3v) is 3.83. The molecule has 3 nitrogen and oxygen atoms in total. The normalized spacial score (nSPS) is 11.1. The number of rotatable bonds is 1. The van der Waals surface area contributed by atoms with E-state index in [1.807, 2.05) is 48.9 Å². The summed E-state index contributed by atoms with van der Waals surface area (Å²) in [5.74, 6) is 0. The fourth-order valence-corrected chi connectivity index (χ4v) is 2.63. The lowest BCUT2D eigenvalue weighted by Crippen LogP contribution is -1.98. The molecule has 3 aromatic rings. The number of aromatic amines is 1. The molecule has 0 unspecified atom stereocenters. The average Bonchev–Trinajstić information content (AvgIpc) is 2.68. The Hall–Kier alpha value is -1.65. The van der Waals surface area contributed by atoms with Gasteiger partial charge in [-0.3, -0.25) is 4.57 Å². The summed E-state index contributed by atoms with van der Waals surface area (Å²) in [4.78, 5) is 7.66. The van der Waals surface area contributed by atoms with E-state index in [1.165, 1.54) is 0 Å². The van der Waals surface area contributed by atoms with E-state index in [2.05, 4.69) is 9.97 Å². The van der Waals surface area contributed by atoms with Crippen LogP contribution in [0.3, 0.4) is 0 Å². The molecule has 0 atom stereocenters. The molecule has 0 amide bonds. The molecule has 0 aliphatic rings. The van der Waals surface area contributed by atoms with Crippen LogP contribution in [0.5, 0.6) is 0 Å². The number of aromatic nitrogens is 3. The Morgan fingerprint density at radius 2 is 2.11 bits per heavy atom. The first-order valence-corrected chi connectivity index (χ1v) is 6.69. The average molecular weight is 290 g/mol. The summed E-state index contributed by atoms with van der Waals surface area (Å²) < 4.78 is 2.55. The number of fused-ring (bicyclic) bond motifs is 1. The third-order valence-electron chi connectivity index (χ3n) is 3.14. The van der Waals surface area contributed by atoms with Gasteiger partial charge < -0.3 is 4.98 Å². The number of imidazole rings is 1. The molecular formula is C14H12ClN3S. The maximum atomic E-state index is 6.18. The van der Waals surface area contributed by atoms with Crippen molar-refractivity contribution in [2.75, 3.05) is 0 Å². The van der Waals surface area contributed by atoms with Crippen LogP contribution in [0.2, 0.25) is 5.02 Å². The minimum Gasteiger partial charge on any atom is -0.329 e. The van der Waals surface area contributed by atoms with Gasteiger partial charge in [-0.05, 0) is 55.4 Å². The summed E-state index contributed by atoms with van der Waals surface area (Å²) >= 11 is 11.6. The molecule has 1 aromatic carbocycles. The summed E-state index contributed by atoms with van der Waals surface area (Å²) in [7, 11) is 0. The summed E-state index contributed by atoms with van der Waals surface area (Å²) in [6.07, 6.45) is 1.83. The maximum absolute atomic E-state index is 6.18. The van der Waals surface area contributed by atoms with E-state index in [0.29, 0.717) is 4.77 Å². The van der Waals surface area contributed by atoms with E-state index in [0.717, 1.165) is 33.0 Å². The predicted octanol–water partition coefficient (Wildman–Crippen LogP) is 4.35. The highest BCUT2D eigenvalue weighted by molar-refractivity contribution is 7.71. The van der Waals surface area contributed by atoms with Crippen LogP contribution in [0.15, 0.2) is 30.5 Å². The Morgan fingerprint density at radius 3 is 2.89 bits per heavy atom. The van der Waals surface area contributed by atoms with E-state index >= 15 is 0 Å². The molecule has 0 saturated heterocycles. The van der Waals surface area contributed by atoms with Crippen LogP contribution in [-0.2, 0) is 0 Å². The quantitative estimate of drug-likeness (QED) is 0.676. The molecule has 2 heterocycles. The largest absolute Gasteiger partial charge is 0.329 e. The highest BCUT2D eigenvalue weighted by Gasteiger charge is 2.11. The van der Waals surface area contributed by atoms with Crippen molar-refractivity contribution in [3.8, 4) is 5.69 Å². The highest BCUT2D eigenvalue weighted by Crippen LogP contribution is 2.25. The second-order valence-electron chi connectivity index (χ2n) is 4.53. The Morgan fingerprint density at radius 1 is 1.32 bits per heavy atom. The topological polar surface area (TPSA) is 33.6 Å². The summed E-state index contributed by atoms with van der Waals surface area (Å²) in [6, 6.07) is 7.82. The number of hydrogen-bond acceptors (Lipinski definition) is 2. The number of aryl methyl sites for hydroxylation is 1. The number of H-pyrrole nitrogens is 1. The summed E-state index contributed by atoms with van der Waals surface area (Å²) in [5, 5.41) is 0.723. The Labute approximate surface area is 120 Å². The molecule has 0 fully saturated rings. The monoisotopic (exact) mass is 289 g/mol. The van der Waals surface area contributed by atoms with Gasteiger partial charge in [0.25, 0.3) is 0 Å². The lowest BCUT2D eigenvalue weighted by molar-refractivity contribution is 1.03. The number of hydrogen-bond donors (Lipinski definition) is 1. The van der Waals surface area contributed by atoms with Gasteiger partial charge in [0.1, 0.15) is 0 Å². The van der Waals surface area contributed by atoms with E-state index < -0.39 is 0 Å². The molecule has 0 aliphatic carbocycles. The minimum absolute atomic E-state index is 0.624. The zero-order valence-corrected chi connectivity index (χ0v) is 12.1. The predicted molar refractivity (Wildman–Crippen MR) is 80.7 cm³/mol. The van der Waals surface area contributed by atoms with Crippen LogP contribution < -0.4 is 0 Å². The van der Waals surface area contributed by atoms with E-state index in [-0.39, 0.29) is 0 Å². The van der Waals surface area contributed by atoms with Gasteiger partial charge in [-0.15, -0.1) is 0 Å². The van der Waals surface area contributed by atoms with Crippen molar-refractivity contribution in [1.29, 1.82) is 0 Å². The smallest absolute Gasteiger partial charge is 0.184 e. The van der Waals surface area contributed by atoms with Gasteiger partial charge in [0.2, 0.25) is 0 Å². The van der Waals surface area contributed by atoms with Crippen LogP contribution in [0.25, 0.3) is 16.9 Å². The van der Waals surface area contributed by atoms with Crippen LogP contribution in [-0.4, -0.2) is 14.5 Å². The van der Waals surface area contributed by atoms with Crippen molar-refractivity contribution in [3.63, 3.8) is 0 Å². The minimum atomic E-state index is 0.624. The van der Waals surface area contributed by atoms with Crippen molar-refractivity contribution in [1.82, 2.24) is 14.5 Å². The van der Waals surface area contributed by atoms with Crippen LogP contribution >= 0.6 is 23.8 Å². The first-order chi connectivity index (χ1) is 9.08. The highest BCUT2D eigenvalue weighted by atomic mass is 35.5. The van der Waals surface area contributed by atoms with Crippen molar-refractivity contribution in [3.05, 3.63) is 51.4 Å². The van der Waals surface area contributed by atoms with Crippen molar-refractivity contribution >= 4 is 35.0 Å². The van der Waals surface area contributed by atoms with Crippen molar-refractivity contribution in [2.45, 2.75) is 13.8 Å². The van der Waals surface area contributed by atoms with Gasteiger partial charge in [-0.2, -0.15) is 0 Å². The fraction of sp³-hybridized carbons (Fsp3) is 0.143. The maximum Gasteiger partial charge on any atom is 0.184 e. The zero-order chi connectivity index (χ0) is 13.6. The van der Waals surface area contributed by atoms with E-state index in [1.54, 1.807) is 0 Å². The van der Waals surface area contributed by atoms with Crippen molar-refractivity contribution < 1.29 is 0 Å². The van der Waals surface area contributed by atoms with Gasteiger partial charge >= 0.3 is 0 Å². The molecule has 2 aromatic heterocycles. The number of benzene rings is 1. The third kappa shape index (κ3) is 1.97. The lowest BCUT2D eigenvalue weighted by Gasteiger charge is -2.09. The van der Waals surface area contributed by atoms with Crippen LogP contribution in [0, 0.1) is 18.6 Å². The van der Waals surface area contributed by atoms with Gasteiger partial charge in [0.05, 0.1) is 11.2 Å². The number of halogens is 1. The summed E-state index contributed by atoms with van der Waals surface area (Å²) in [5.41, 5.74) is 4.80. The van der Waals surface area contributed by atoms with Gasteiger partial charge in [0.15, 0.2) is 10.4 Å². The molecule has 3 rings (SSSR count). The second-order valence-corrected chi connectivity index (χ2v) is 5.33. The van der Waals surface area contributed by atoms with Crippen LogP contribution in [0.4, 0.5) is 0 Å². The van der Waals surface area contributed by atoms with Crippen LogP contribution in [0.1, 0.15) is 11.1 Å². The van der Waals surface area contributed by atoms with Gasteiger partial charge in [-0.25, -0.2) is 4.98 Å². The molecule has 19 heavy (non-hydrogen) atoms. The van der Waals surface area contributed by atoms with Crippen molar-refractivity contribution in [2.24, 2.45) is 0 Å². The van der Waals surface area contributed by atoms with E-state index in [9.17, 15) is 0 Å². The zero-order valence-electron chi connectivity index (χ0n) is 10.6. The molecule has 5 heteroatoms. The Kier molecular flexibility index (Phi) is 2.92. The molecule has 96 valence electrons. The lowest BCUT2D eigenvalue weighted by atomic mass is 10.2.